The van der Waals surface area contributed by atoms with Crippen molar-refractivity contribution in [3.8, 4) is 0 Å². The summed E-state index contributed by atoms with van der Waals surface area (Å²) in [4.78, 5) is 0. The van der Waals surface area contributed by atoms with Gasteiger partial charge in [0.25, 0.3) is 0 Å². The first-order valence-electron chi connectivity index (χ1n) is 5.14. The molecule has 0 radical (unpaired) electrons. The van der Waals surface area contributed by atoms with Crippen molar-refractivity contribution in [2.24, 2.45) is 0 Å². The topological polar surface area (TPSA) is 20.2 Å². The first-order valence-corrected chi connectivity index (χ1v) is 5.68. The lowest BCUT2D eigenvalue weighted by atomic mass is 10.0. The lowest BCUT2D eigenvalue weighted by Gasteiger charge is -2.08. The van der Waals surface area contributed by atoms with Crippen molar-refractivity contribution in [1.82, 2.24) is 0 Å². The van der Waals surface area contributed by atoms with Gasteiger partial charge in [-0.1, -0.05) is 18.2 Å². The quantitative estimate of drug-likeness (QED) is 0.760. The van der Waals surface area contributed by atoms with E-state index in [4.69, 9.17) is 11.6 Å². The molecule has 2 heteroatoms. The molecule has 76 valence electrons. The molecule has 0 spiro atoms. The molecule has 0 bridgehead atoms. The van der Waals surface area contributed by atoms with Crippen LogP contribution in [0.25, 0.3) is 0 Å². The molecule has 1 unspecified atom stereocenters. The number of fused-ring (bicyclic) bond motifs is 1. The third-order valence-electron chi connectivity index (χ3n) is 2.81. The normalized spacial score (nSPS) is 16.7. The summed E-state index contributed by atoms with van der Waals surface area (Å²) in [7, 11) is 0. The summed E-state index contributed by atoms with van der Waals surface area (Å²) in [6, 6.07) is 6.52. The molecule has 1 aromatic rings. The van der Waals surface area contributed by atoms with Gasteiger partial charge in [-0.05, 0) is 42.4 Å². The first kappa shape index (κ1) is 10.0. The highest BCUT2D eigenvalue weighted by atomic mass is 35.5. The lowest BCUT2D eigenvalue weighted by Crippen LogP contribution is -2.11. The van der Waals surface area contributed by atoms with E-state index in [9.17, 15) is 5.11 Å². The van der Waals surface area contributed by atoms with Crippen molar-refractivity contribution < 1.29 is 5.11 Å². The fourth-order valence-electron chi connectivity index (χ4n) is 2.08. The number of hydrogen-bond acceptors (Lipinski definition) is 1. The maximum atomic E-state index is 9.43. The molecule has 2 rings (SSSR count). The highest BCUT2D eigenvalue weighted by Gasteiger charge is 2.11. The largest absolute Gasteiger partial charge is 0.392 e. The standard InChI is InChI=1S/C12H15ClO/c13-8-12(14)7-9-4-5-10-2-1-3-11(10)6-9/h4-6,12,14H,1-3,7-8H2. The molecule has 14 heavy (non-hydrogen) atoms. The number of rotatable bonds is 3. The Morgan fingerprint density at radius 2 is 2.07 bits per heavy atom. The molecule has 0 saturated carbocycles. The lowest BCUT2D eigenvalue weighted by molar-refractivity contribution is 0.198. The van der Waals surface area contributed by atoms with Crippen LogP contribution >= 0.6 is 11.6 Å². The second-order valence-electron chi connectivity index (χ2n) is 3.97. The van der Waals surface area contributed by atoms with E-state index in [1.54, 1.807) is 0 Å². The smallest absolute Gasteiger partial charge is 0.0715 e. The van der Waals surface area contributed by atoms with Crippen LogP contribution in [0.4, 0.5) is 0 Å². The summed E-state index contributed by atoms with van der Waals surface area (Å²) in [6.45, 7) is 0. The summed E-state index contributed by atoms with van der Waals surface area (Å²) in [5, 5.41) is 9.43. The van der Waals surface area contributed by atoms with Crippen LogP contribution in [-0.4, -0.2) is 17.1 Å². The van der Waals surface area contributed by atoms with Crippen LogP contribution in [0.15, 0.2) is 18.2 Å². The van der Waals surface area contributed by atoms with Crippen LogP contribution in [0.2, 0.25) is 0 Å². The summed E-state index contributed by atoms with van der Waals surface area (Å²) in [5.74, 6) is 0.317. The van der Waals surface area contributed by atoms with Crippen molar-refractivity contribution in [2.45, 2.75) is 31.8 Å². The van der Waals surface area contributed by atoms with Gasteiger partial charge in [0.1, 0.15) is 0 Å². The van der Waals surface area contributed by atoms with E-state index in [-0.39, 0.29) is 0 Å². The average Bonchev–Trinajstić information content (AvgIpc) is 2.64. The van der Waals surface area contributed by atoms with Gasteiger partial charge in [-0.3, -0.25) is 0 Å². The monoisotopic (exact) mass is 210 g/mol. The van der Waals surface area contributed by atoms with Crippen molar-refractivity contribution in [2.75, 3.05) is 5.88 Å². The zero-order valence-corrected chi connectivity index (χ0v) is 8.93. The Labute approximate surface area is 89.7 Å². The number of aliphatic hydroxyl groups excluding tert-OH is 1. The molecule has 0 heterocycles. The Morgan fingerprint density at radius 3 is 2.86 bits per heavy atom. The molecule has 1 N–H and O–H groups in total. The molecule has 0 aliphatic heterocycles. The molecular weight excluding hydrogens is 196 g/mol. The van der Waals surface area contributed by atoms with Crippen LogP contribution in [0.5, 0.6) is 0 Å². The van der Waals surface area contributed by atoms with Crippen LogP contribution in [0.3, 0.4) is 0 Å². The Balaban J connectivity index is 2.12. The molecular formula is C12H15ClO. The van der Waals surface area contributed by atoms with E-state index in [0.29, 0.717) is 12.3 Å². The van der Waals surface area contributed by atoms with Crippen LogP contribution in [-0.2, 0) is 19.3 Å². The van der Waals surface area contributed by atoms with Crippen molar-refractivity contribution in [3.05, 3.63) is 34.9 Å². The average molecular weight is 211 g/mol. The predicted molar refractivity (Wildman–Crippen MR) is 58.9 cm³/mol. The second-order valence-corrected chi connectivity index (χ2v) is 4.28. The summed E-state index contributed by atoms with van der Waals surface area (Å²) in [6.07, 6.45) is 3.96. The van der Waals surface area contributed by atoms with E-state index >= 15 is 0 Å². The van der Waals surface area contributed by atoms with Crippen molar-refractivity contribution in [1.29, 1.82) is 0 Å². The van der Waals surface area contributed by atoms with Gasteiger partial charge in [0.05, 0.1) is 6.10 Å². The molecule has 1 aromatic carbocycles. The predicted octanol–water partition coefficient (Wildman–Crippen LogP) is 2.32. The molecule has 0 fully saturated rings. The van der Waals surface area contributed by atoms with E-state index in [2.05, 4.69) is 18.2 Å². The van der Waals surface area contributed by atoms with Gasteiger partial charge in [0.2, 0.25) is 0 Å². The van der Waals surface area contributed by atoms with Gasteiger partial charge in [-0.25, -0.2) is 0 Å². The van der Waals surface area contributed by atoms with E-state index in [1.165, 1.54) is 36.0 Å². The van der Waals surface area contributed by atoms with Gasteiger partial charge in [-0.2, -0.15) is 0 Å². The number of alkyl halides is 1. The third kappa shape index (κ3) is 2.10. The number of hydrogen-bond donors (Lipinski definition) is 1. The summed E-state index contributed by atoms with van der Waals surface area (Å²) >= 11 is 5.57. The van der Waals surface area contributed by atoms with Gasteiger partial charge < -0.3 is 5.11 Å². The fourth-order valence-corrected chi connectivity index (χ4v) is 2.19. The van der Waals surface area contributed by atoms with Gasteiger partial charge in [-0.15, -0.1) is 11.6 Å². The third-order valence-corrected chi connectivity index (χ3v) is 3.17. The maximum Gasteiger partial charge on any atom is 0.0715 e. The Hall–Kier alpha value is -0.530. The molecule has 1 aliphatic rings. The Kier molecular flexibility index (Phi) is 3.09. The molecule has 1 aliphatic carbocycles. The minimum absolute atomic E-state index is 0.317. The minimum atomic E-state index is -0.406. The Morgan fingerprint density at radius 1 is 1.29 bits per heavy atom. The fraction of sp³-hybridized carbons (Fsp3) is 0.500. The highest BCUT2D eigenvalue weighted by Crippen LogP contribution is 2.23. The molecule has 0 saturated heterocycles. The van der Waals surface area contributed by atoms with Crippen LogP contribution in [0, 0.1) is 0 Å². The number of halogens is 1. The summed E-state index contributed by atoms with van der Waals surface area (Å²) in [5.41, 5.74) is 4.15. The second kappa shape index (κ2) is 4.33. The first-order chi connectivity index (χ1) is 6.79. The van der Waals surface area contributed by atoms with Crippen LogP contribution < -0.4 is 0 Å². The SMILES string of the molecule is OC(CCl)Cc1ccc2c(c1)CCC2. The molecule has 0 amide bonds. The van der Waals surface area contributed by atoms with Crippen molar-refractivity contribution in [3.63, 3.8) is 0 Å². The highest BCUT2D eigenvalue weighted by molar-refractivity contribution is 6.18. The number of benzene rings is 1. The zero-order valence-electron chi connectivity index (χ0n) is 8.17. The maximum absolute atomic E-state index is 9.43. The van der Waals surface area contributed by atoms with Crippen LogP contribution in [0.1, 0.15) is 23.1 Å². The van der Waals surface area contributed by atoms with E-state index < -0.39 is 6.10 Å². The molecule has 1 atom stereocenters. The summed E-state index contributed by atoms with van der Waals surface area (Å²) < 4.78 is 0. The minimum Gasteiger partial charge on any atom is -0.392 e. The van der Waals surface area contributed by atoms with Gasteiger partial charge in [0, 0.05) is 5.88 Å². The van der Waals surface area contributed by atoms with Gasteiger partial charge >= 0.3 is 0 Å². The van der Waals surface area contributed by atoms with Crippen molar-refractivity contribution >= 4 is 11.6 Å². The number of aliphatic hydroxyl groups is 1. The molecule has 0 aromatic heterocycles. The van der Waals surface area contributed by atoms with E-state index in [0.717, 1.165) is 0 Å². The Bertz CT molecular complexity index is 322. The van der Waals surface area contributed by atoms with Gasteiger partial charge in [0.15, 0.2) is 0 Å². The number of aryl methyl sites for hydroxylation is 2. The zero-order chi connectivity index (χ0) is 9.97. The van der Waals surface area contributed by atoms with E-state index in [1.807, 2.05) is 0 Å². The molecule has 1 nitrogen and oxygen atoms in total.